The van der Waals surface area contributed by atoms with Crippen molar-refractivity contribution >= 4 is 34.0 Å². The highest BCUT2D eigenvalue weighted by atomic mass is 35.5. The average Bonchev–Trinajstić information content (AvgIpc) is 2.68. The predicted octanol–water partition coefficient (Wildman–Crippen LogP) is 3.56. The van der Waals surface area contributed by atoms with E-state index in [0.717, 1.165) is 0 Å². The van der Waals surface area contributed by atoms with E-state index in [0.29, 0.717) is 45.9 Å². The number of nitrogens with one attached hydrogen (secondary N) is 1. The van der Waals surface area contributed by atoms with E-state index < -0.39 is 0 Å². The Morgan fingerprint density at radius 1 is 1.15 bits per heavy atom. The van der Waals surface area contributed by atoms with Gasteiger partial charge in [-0.05, 0) is 36.4 Å². The summed E-state index contributed by atoms with van der Waals surface area (Å²) in [4.78, 5) is 25.2. The molecule has 0 fully saturated rings. The molecule has 0 aliphatic carbocycles. The van der Waals surface area contributed by atoms with Crippen LogP contribution in [0.2, 0.25) is 5.02 Å². The molecule has 1 N–H and O–H groups in total. The summed E-state index contributed by atoms with van der Waals surface area (Å²) in [5.41, 5.74) is 0.819. The van der Waals surface area contributed by atoms with Gasteiger partial charge in [-0.1, -0.05) is 17.7 Å². The maximum absolute atomic E-state index is 12.6. The van der Waals surface area contributed by atoms with E-state index in [9.17, 15) is 9.59 Å². The van der Waals surface area contributed by atoms with E-state index in [2.05, 4.69) is 5.32 Å². The van der Waals surface area contributed by atoms with Gasteiger partial charge in [0.15, 0.2) is 0 Å². The Labute approximate surface area is 161 Å². The number of hydrogen-bond donors (Lipinski definition) is 1. The van der Waals surface area contributed by atoms with Crippen molar-refractivity contribution in [1.82, 2.24) is 4.57 Å². The van der Waals surface area contributed by atoms with Crippen LogP contribution in [0.4, 0.5) is 5.69 Å². The van der Waals surface area contributed by atoms with Gasteiger partial charge in [0.25, 0.3) is 11.5 Å². The number of anilines is 1. The summed E-state index contributed by atoms with van der Waals surface area (Å²) >= 11 is 6.09. The molecule has 0 spiro atoms. The number of halogens is 1. The van der Waals surface area contributed by atoms with Crippen LogP contribution in [0.3, 0.4) is 0 Å². The minimum Gasteiger partial charge on any atom is -0.495 e. The highest BCUT2D eigenvalue weighted by Crippen LogP contribution is 2.26. The van der Waals surface area contributed by atoms with E-state index in [1.807, 2.05) is 6.07 Å². The zero-order chi connectivity index (χ0) is 19.4. The molecule has 27 heavy (non-hydrogen) atoms. The quantitative estimate of drug-likeness (QED) is 0.703. The van der Waals surface area contributed by atoms with Crippen LogP contribution in [0.15, 0.2) is 53.5 Å². The van der Waals surface area contributed by atoms with Crippen LogP contribution >= 0.6 is 11.6 Å². The first-order chi connectivity index (χ1) is 13.0. The normalized spacial score (nSPS) is 10.8. The number of rotatable bonds is 6. The molecular weight excluding hydrogens is 368 g/mol. The molecule has 7 heteroatoms. The number of amides is 1. The third kappa shape index (κ3) is 3.97. The summed E-state index contributed by atoms with van der Waals surface area (Å²) in [6.07, 6.45) is 1.70. The van der Waals surface area contributed by atoms with Crippen molar-refractivity contribution in [2.75, 3.05) is 26.1 Å². The average molecular weight is 387 g/mol. The third-order valence-electron chi connectivity index (χ3n) is 4.22. The van der Waals surface area contributed by atoms with E-state index in [-0.39, 0.29) is 11.5 Å². The van der Waals surface area contributed by atoms with Gasteiger partial charge in [0.1, 0.15) is 5.75 Å². The second-order valence-corrected chi connectivity index (χ2v) is 6.28. The Balaban J connectivity index is 1.93. The summed E-state index contributed by atoms with van der Waals surface area (Å²) in [5, 5.41) is 4.39. The highest BCUT2D eigenvalue weighted by molar-refractivity contribution is 6.32. The van der Waals surface area contributed by atoms with Crippen LogP contribution in [0.25, 0.3) is 10.8 Å². The zero-order valence-electron chi connectivity index (χ0n) is 15.0. The standard InChI is InChI=1S/C20H19ClN2O4/c1-26-11-10-23-9-8-14-15(20(23)25)4-3-5-17(14)22-19(24)13-6-7-18(27-2)16(21)12-13/h3-9,12H,10-11H2,1-2H3,(H,22,24). The second kappa shape index (κ2) is 8.24. The lowest BCUT2D eigenvalue weighted by atomic mass is 10.1. The molecular formula is C20H19ClN2O4. The van der Waals surface area contributed by atoms with Crippen molar-refractivity contribution in [1.29, 1.82) is 0 Å². The Bertz CT molecular complexity index is 1050. The molecule has 1 heterocycles. The number of pyridine rings is 1. The number of methoxy groups -OCH3 is 2. The van der Waals surface area contributed by atoms with Crippen molar-refractivity contribution in [2.24, 2.45) is 0 Å². The number of aromatic nitrogens is 1. The van der Waals surface area contributed by atoms with Crippen LogP contribution < -0.4 is 15.6 Å². The molecule has 2 aromatic carbocycles. The number of hydrogen-bond acceptors (Lipinski definition) is 4. The topological polar surface area (TPSA) is 69.6 Å². The summed E-state index contributed by atoms with van der Waals surface area (Å²) < 4.78 is 11.7. The maximum atomic E-state index is 12.6. The molecule has 6 nitrogen and oxygen atoms in total. The SMILES string of the molecule is COCCn1ccc2c(NC(=O)c3ccc(OC)c(Cl)c3)cccc2c1=O. The highest BCUT2D eigenvalue weighted by Gasteiger charge is 2.12. The lowest BCUT2D eigenvalue weighted by Gasteiger charge is -2.11. The van der Waals surface area contributed by atoms with Gasteiger partial charge < -0.3 is 19.4 Å². The second-order valence-electron chi connectivity index (χ2n) is 5.88. The van der Waals surface area contributed by atoms with Gasteiger partial charge in [0, 0.05) is 41.9 Å². The number of carbonyl (C=O) groups is 1. The molecule has 140 valence electrons. The molecule has 0 unspecified atom stereocenters. The van der Waals surface area contributed by atoms with Gasteiger partial charge in [-0.25, -0.2) is 0 Å². The van der Waals surface area contributed by atoms with Crippen LogP contribution in [0.5, 0.6) is 5.75 Å². The zero-order valence-corrected chi connectivity index (χ0v) is 15.7. The first-order valence-corrected chi connectivity index (χ1v) is 8.69. The number of ether oxygens (including phenoxy) is 2. The van der Waals surface area contributed by atoms with Gasteiger partial charge in [-0.3, -0.25) is 9.59 Å². The van der Waals surface area contributed by atoms with Gasteiger partial charge in [-0.15, -0.1) is 0 Å². The summed E-state index contributed by atoms with van der Waals surface area (Å²) in [6.45, 7) is 0.909. The number of carbonyl (C=O) groups excluding carboxylic acids is 1. The summed E-state index contributed by atoms with van der Waals surface area (Å²) in [5.74, 6) is 0.172. The molecule has 1 aromatic heterocycles. The van der Waals surface area contributed by atoms with E-state index >= 15 is 0 Å². The summed E-state index contributed by atoms with van der Waals surface area (Å²) in [7, 11) is 3.10. The molecule has 0 saturated heterocycles. The van der Waals surface area contributed by atoms with Gasteiger partial charge in [0.2, 0.25) is 0 Å². The molecule has 3 aromatic rings. The van der Waals surface area contributed by atoms with Gasteiger partial charge in [0.05, 0.1) is 18.7 Å². The number of nitrogens with zero attached hydrogens (tertiary/aromatic N) is 1. The van der Waals surface area contributed by atoms with Gasteiger partial charge in [-0.2, -0.15) is 0 Å². The Kier molecular flexibility index (Phi) is 5.78. The molecule has 1 amide bonds. The summed E-state index contributed by atoms with van der Waals surface area (Å²) in [6, 6.07) is 11.8. The van der Waals surface area contributed by atoms with Crippen molar-refractivity contribution in [3.8, 4) is 5.75 Å². The fraction of sp³-hybridized carbons (Fsp3) is 0.200. The number of fused-ring (bicyclic) bond motifs is 1. The largest absolute Gasteiger partial charge is 0.495 e. The fourth-order valence-electron chi connectivity index (χ4n) is 2.79. The van der Waals surface area contributed by atoms with E-state index in [4.69, 9.17) is 21.1 Å². The molecule has 3 rings (SSSR count). The minimum absolute atomic E-state index is 0.131. The smallest absolute Gasteiger partial charge is 0.258 e. The molecule has 0 saturated carbocycles. The van der Waals surface area contributed by atoms with Crippen molar-refractivity contribution in [3.05, 3.63) is 69.6 Å². The Morgan fingerprint density at radius 3 is 2.67 bits per heavy atom. The van der Waals surface area contributed by atoms with Crippen LogP contribution in [0, 0.1) is 0 Å². The molecule has 0 aliphatic rings. The first kappa shape index (κ1) is 18.9. The van der Waals surface area contributed by atoms with Crippen molar-refractivity contribution < 1.29 is 14.3 Å². The Morgan fingerprint density at radius 2 is 1.96 bits per heavy atom. The monoisotopic (exact) mass is 386 g/mol. The van der Waals surface area contributed by atoms with Crippen molar-refractivity contribution in [2.45, 2.75) is 6.54 Å². The van der Waals surface area contributed by atoms with Crippen molar-refractivity contribution in [3.63, 3.8) is 0 Å². The maximum Gasteiger partial charge on any atom is 0.258 e. The van der Waals surface area contributed by atoms with Gasteiger partial charge >= 0.3 is 0 Å². The van der Waals surface area contributed by atoms with Crippen LogP contribution in [-0.2, 0) is 11.3 Å². The van der Waals surface area contributed by atoms with Crippen LogP contribution in [-0.4, -0.2) is 31.3 Å². The van der Waals surface area contributed by atoms with E-state index in [1.54, 1.807) is 54.3 Å². The molecule has 0 aliphatic heterocycles. The lowest BCUT2D eigenvalue weighted by Crippen LogP contribution is -2.22. The lowest BCUT2D eigenvalue weighted by molar-refractivity contribution is 0.102. The minimum atomic E-state index is -0.324. The third-order valence-corrected chi connectivity index (χ3v) is 4.51. The van der Waals surface area contributed by atoms with Crippen LogP contribution in [0.1, 0.15) is 10.4 Å². The van der Waals surface area contributed by atoms with E-state index in [1.165, 1.54) is 7.11 Å². The Hall–Kier alpha value is -2.83. The number of benzene rings is 2. The predicted molar refractivity (Wildman–Crippen MR) is 106 cm³/mol. The molecule has 0 atom stereocenters. The first-order valence-electron chi connectivity index (χ1n) is 8.31. The fourth-order valence-corrected chi connectivity index (χ4v) is 3.05. The molecule has 0 radical (unpaired) electrons. The molecule has 0 bridgehead atoms.